The van der Waals surface area contributed by atoms with Gasteiger partial charge in [-0.2, -0.15) is 0 Å². The van der Waals surface area contributed by atoms with Crippen LogP contribution in [0.25, 0.3) is 0 Å². The lowest BCUT2D eigenvalue weighted by Crippen LogP contribution is -2.52. The first-order chi connectivity index (χ1) is 12.6. The highest BCUT2D eigenvalue weighted by Gasteiger charge is 2.52. The Morgan fingerprint density at radius 1 is 1.15 bits per heavy atom. The molecule has 4 atom stereocenters. The van der Waals surface area contributed by atoms with Crippen LogP contribution >= 0.6 is 0 Å². The summed E-state index contributed by atoms with van der Waals surface area (Å²) in [6.45, 7) is 3.38. The number of hydrogen-bond donors (Lipinski definition) is 3. The average molecular weight is 354 g/mol. The molecule has 7 heteroatoms. The number of benzene rings is 1. The van der Waals surface area contributed by atoms with Crippen molar-refractivity contribution < 1.29 is 14.4 Å². The number of carbonyl (C=O) groups is 3. The average Bonchev–Trinajstić information content (AvgIpc) is 2.95. The molecule has 0 spiro atoms. The Balaban J connectivity index is 1.32. The molecule has 1 aliphatic carbocycles. The largest absolute Gasteiger partial charge is 0.322 e. The first-order valence-corrected chi connectivity index (χ1v) is 9.33. The van der Waals surface area contributed by atoms with Crippen LogP contribution in [-0.4, -0.2) is 47.8 Å². The predicted octanol–water partition coefficient (Wildman–Crippen LogP) is -0.245. The normalized spacial score (nSPS) is 32.5. The van der Waals surface area contributed by atoms with Crippen molar-refractivity contribution in [1.82, 2.24) is 20.9 Å². The molecule has 7 nitrogen and oxygen atoms in total. The zero-order chi connectivity index (χ0) is 17.8. The number of imide groups is 1. The van der Waals surface area contributed by atoms with Crippen LogP contribution in [-0.2, 0) is 22.7 Å². The van der Waals surface area contributed by atoms with Gasteiger partial charge in [-0.3, -0.25) is 19.7 Å². The molecule has 0 radical (unpaired) electrons. The molecule has 0 aromatic heterocycles. The van der Waals surface area contributed by atoms with Gasteiger partial charge in [-0.1, -0.05) is 12.1 Å². The van der Waals surface area contributed by atoms with Crippen molar-refractivity contribution in [2.45, 2.75) is 38.0 Å². The minimum atomic E-state index is -0.553. The van der Waals surface area contributed by atoms with Crippen molar-refractivity contribution in [3.63, 3.8) is 0 Å². The van der Waals surface area contributed by atoms with E-state index in [2.05, 4.69) is 22.0 Å². The van der Waals surface area contributed by atoms with Gasteiger partial charge < -0.3 is 15.5 Å². The Kier molecular flexibility index (Phi) is 3.62. The number of carbonyl (C=O) groups excluding carboxylic acids is 3. The molecular formula is C19H22N4O3. The van der Waals surface area contributed by atoms with E-state index < -0.39 is 6.04 Å². The molecule has 1 aromatic carbocycles. The molecule has 2 saturated heterocycles. The van der Waals surface area contributed by atoms with Crippen LogP contribution in [0.15, 0.2) is 18.2 Å². The summed E-state index contributed by atoms with van der Waals surface area (Å²) in [4.78, 5) is 38.0. The van der Waals surface area contributed by atoms with E-state index >= 15 is 0 Å². The van der Waals surface area contributed by atoms with Crippen LogP contribution in [0.2, 0.25) is 0 Å². The number of fused-ring (bicyclic) bond motifs is 2. The Hall–Kier alpha value is -2.25. The van der Waals surface area contributed by atoms with Gasteiger partial charge >= 0.3 is 0 Å². The van der Waals surface area contributed by atoms with Crippen molar-refractivity contribution in [3.8, 4) is 0 Å². The highest BCUT2D eigenvalue weighted by Crippen LogP contribution is 2.42. The molecule has 3 heterocycles. The minimum Gasteiger partial charge on any atom is -0.322 e. The fraction of sp³-hybridized carbons (Fsp3) is 0.526. The zero-order valence-electron chi connectivity index (χ0n) is 14.5. The van der Waals surface area contributed by atoms with Gasteiger partial charge in [0, 0.05) is 31.1 Å². The maximum absolute atomic E-state index is 12.8. The van der Waals surface area contributed by atoms with Gasteiger partial charge in [-0.15, -0.1) is 0 Å². The number of rotatable bonds is 4. The quantitative estimate of drug-likeness (QED) is 0.649. The fourth-order valence-corrected chi connectivity index (χ4v) is 4.76. The molecule has 5 rings (SSSR count). The van der Waals surface area contributed by atoms with Crippen molar-refractivity contribution in [3.05, 3.63) is 34.9 Å². The number of nitrogens with zero attached hydrogens (tertiary/aromatic N) is 1. The number of piperidine rings is 2. The fourth-order valence-electron chi connectivity index (χ4n) is 4.76. The second kappa shape index (κ2) is 5.89. The molecule has 3 fully saturated rings. The molecule has 136 valence electrons. The van der Waals surface area contributed by atoms with Gasteiger partial charge in [-0.25, -0.2) is 0 Å². The van der Waals surface area contributed by atoms with Crippen LogP contribution in [0.3, 0.4) is 0 Å². The molecule has 26 heavy (non-hydrogen) atoms. The van der Waals surface area contributed by atoms with Gasteiger partial charge in [0.15, 0.2) is 0 Å². The maximum atomic E-state index is 12.8. The van der Waals surface area contributed by atoms with Gasteiger partial charge in [-0.05, 0) is 48.5 Å². The van der Waals surface area contributed by atoms with Crippen molar-refractivity contribution in [2.24, 2.45) is 11.8 Å². The first kappa shape index (κ1) is 16.0. The highest BCUT2D eigenvalue weighted by atomic mass is 16.2. The summed E-state index contributed by atoms with van der Waals surface area (Å²) in [6.07, 6.45) is 0.680. The second-order valence-corrected chi connectivity index (χ2v) is 7.74. The molecule has 1 saturated carbocycles. The first-order valence-electron chi connectivity index (χ1n) is 9.33. The third-order valence-corrected chi connectivity index (χ3v) is 6.30. The van der Waals surface area contributed by atoms with Crippen LogP contribution in [0.1, 0.15) is 34.3 Å². The number of amides is 3. The lowest BCUT2D eigenvalue weighted by molar-refractivity contribution is -0.136. The van der Waals surface area contributed by atoms with E-state index in [0.717, 1.165) is 42.6 Å². The molecule has 1 aromatic rings. The maximum Gasteiger partial charge on any atom is 0.255 e. The lowest BCUT2D eigenvalue weighted by Gasteiger charge is -2.29. The van der Waals surface area contributed by atoms with Crippen molar-refractivity contribution in [2.75, 3.05) is 13.1 Å². The predicted molar refractivity (Wildman–Crippen MR) is 93.0 cm³/mol. The molecule has 3 N–H and O–H groups in total. The number of nitrogens with one attached hydrogen (secondary N) is 3. The minimum absolute atomic E-state index is 0.108. The van der Waals surface area contributed by atoms with Gasteiger partial charge in [0.1, 0.15) is 6.04 Å². The van der Waals surface area contributed by atoms with E-state index in [1.54, 1.807) is 4.90 Å². The number of hydrogen-bond acceptors (Lipinski definition) is 5. The smallest absolute Gasteiger partial charge is 0.255 e. The van der Waals surface area contributed by atoms with Crippen molar-refractivity contribution >= 4 is 17.7 Å². The van der Waals surface area contributed by atoms with E-state index in [-0.39, 0.29) is 24.1 Å². The van der Waals surface area contributed by atoms with Gasteiger partial charge in [0.2, 0.25) is 11.8 Å². The third-order valence-electron chi connectivity index (χ3n) is 6.30. The van der Waals surface area contributed by atoms with Crippen LogP contribution < -0.4 is 16.0 Å². The van der Waals surface area contributed by atoms with E-state index in [1.165, 1.54) is 0 Å². The summed E-state index contributed by atoms with van der Waals surface area (Å²) in [5, 5.41) is 9.38. The summed E-state index contributed by atoms with van der Waals surface area (Å²) in [6, 6.07) is 5.83. The molecule has 4 aliphatic rings. The summed E-state index contributed by atoms with van der Waals surface area (Å²) in [7, 11) is 0. The monoisotopic (exact) mass is 354 g/mol. The Morgan fingerprint density at radius 2 is 1.96 bits per heavy atom. The third kappa shape index (κ3) is 2.46. The molecule has 3 aliphatic heterocycles. The van der Waals surface area contributed by atoms with Gasteiger partial charge in [0.05, 0.1) is 0 Å². The van der Waals surface area contributed by atoms with Crippen LogP contribution in [0.4, 0.5) is 0 Å². The topological polar surface area (TPSA) is 90.5 Å². The van der Waals surface area contributed by atoms with E-state index in [1.807, 2.05) is 12.1 Å². The second-order valence-electron chi connectivity index (χ2n) is 7.74. The van der Waals surface area contributed by atoms with E-state index in [9.17, 15) is 14.4 Å². The molecular weight excluding hydrogens is 332 g/mol. The standard InChI is InChI=1S/C19H22N4O3/c24-16-5-4-15(18(25)22-16)23-9-14-10(2-1-3-11(14)19(23)26)6-21-17-12-7-20-8-13(12)17/h1-3,12-13,15,17,20-21H,4-9H2,(H,22,24,25)/t12-,13+,15?,17?. The summed E-state index contributed by atoms with van der Waals surface area (Å²) in [5.41, 5.74) is 2.83. The Morgan fingerprint density at radius 3 is 2.73 bits per heavy atom. The lowest BCUT2D eigenvalue weighted by atomic mass is 10.0. The zero-order valence-corrected chi connectivity index (χ0v) is 14.5. The van der Waals surface area contributed by atoms with Crippen LogP contribution in [0, 0.1) is 11.8 Å². The summed E-state index contributed by atoms with van der Waals surface area (Å²) < 4.78 is 0. The highest BCUT2D eigenvalue weighted by molar-refractivity contribution is 6.05. The van der Waals surface area contributed by atoms with Crippen LogP contribution in [0.5, 0.6) is 0 Å². The van der Waals surface area contributed by atoms with Gasteiger partial charge in [0.25, 0.3) is 5.91 Å². The van der Waals surface area contributed by atoms with Crippen molar-refractivity contribution in [1.29, 1.82) is 0 Å². The summed E-state index contributed by atoms with van der Waals surface area (Å²) in [5.74, 6) is 0.760. The summed E-state index contributed by atoms with van der Waals surface area (Å²) >= 11 is 0. The molecule has 3 amide bonds. The van der Waals surface area contributed by atoms with E-state index in [4.69, 9.17) is 0 Å². The Labute approximate surface area is 151 Å². The molecule has 2 unspecified atom stereocenters. The molecule has 0 bridgehead atoms. The van der Waals surface area contributed by atoms with E-state index in [0.29, 0.717) is 24.6 Å². The SMILES string of the molecule is O=C1CCC(N2Cc3c(CNC4[C@H]5CNC[C@@H]45)cccc3C2=O)C(=O)N1. The Bertz CT molecular complexity index is 798.